The molecule has 8 heteroatoms. The molecule has 2 aromatic heterocycles. The van der Waals surface area contributed by atoms with E-state index in [2.05, 4.69) is 35.6 Å². The van der Waals surface area contributed by atoms with Crippen molar-refractivity contribution in [1.29, 1.82) is 0 Å². The molecule has 1 aromatic carbocycles. The molecule has 0 fully saturated rings. The van der Waals surface area contributed by atoms with Gasteiger partial charge in [0.05, 0.1) is 5.52 Å². The van der Waals surface area contributed by atoms with E-state index in [1.807, 2.05) is 18.2 Å². The second kappa shape index (κ2) is 7.89. The molecule has 7 nitrogen and oxygen atoms in total. The van der Waals surface area contributed by atoms with Crippen LogP contribution in [-0.2, 0) is 6.54 Å². The van der Waals surface area contributed by atoms with Crippen LogP contribution in [0, 0.1) is 6.92 Å². The third-order valence-corrected chi connectivity index (χ3v) is 5.80. The number of aryl methyl sites for hydroxylation is 2. The summed E-state index contributed by atoms with van der Waals surface area (Å²) >= 11 is 1.62. The number of nitrogens with two attached hydrogens (primary N) is 1. The summed E-state index contributed by atoms with van der Waals surface area (Å²) in [4.78, 5) is 10.1. The van der Waals surface area contributed by atoms with E-state index in [1.165, 1.54) is 0 Å². The summed E-state index contributed by atoms with van der Waals surface area (Å²) in [6.07, 6.45) is 2.74. The molecule has 0 unspecified atom stereocenters. The Morgan fingerprint density at radius 3 is 2.86 bits per heavy atom. The molecule has 0 radical (unpaired) electrons. The summed E-state index contributed by atoms with van der Waals surface area (Å²) < 4.78 is 13.2. The number of ether oxygens (including phenoxy) is 2. The van der Waals surface area contributed by atoms with Crippen molar-refractivity contribution in [2.75, 3.05) is 19.1 Å². The molecule has 28 heavy (non-hydrogen) atoms. The van der Waals surface area contributed by atoms with Crippen LogP contribution in [0.25, 0.3) is 11.0 Å². The Bertz CT molecular complexity index is 1000. The molecule has 0 spiro atoms. The fraction of sp³-hybridized carbons (Fsp3) is 0.400. The molecule has 0 aliphatic carbocycles. The largest absolute Gasteiger partial charge is 0.454 e. The third-order valence-electron chi connectivity index (χ3n) is 4.64. The van der Waals surface area contributed by atoms with Crippen LogP contribution in [-0.4, -0.2) is 33.9 Å². The fourth-order valence-corrected chi connectivity index (χ4v) is 4.23. The third kappa shape index (κ3) is 3.74. The minimum absolute atomic E-state index is 0.270. The molecule has 3 heterocycles. The van der Waals surface area contributed by atoms with Gasteiger partial charge in [0.25, 0.3) is 0 Å². The maximum absolute atomic E-state index is 6.08. The SMILES string of the molecule is Cc1cc2c(cc1Sc1nc3c(N)nccc3n1CCCNC(C)C)OCO2. The van der Waals surface area contributed by atoms with Crippen molar-refractivity contribution < 1.29 is 9.47 Å². The van der Waals surface area contributed by atoms with E-state index in [4.69, 9.17) is 20.2 Å². The van der Waals surface area contributed by atoms with Gasteiger partial charge in [0, 0.05) is 23.7 Å². The van der Waals surface area contributed by atoms with Crippen molar-refractivity contribution in [3.8, 4) is 11.5 Å². The Labute approximate surface area is 168 Å². The quantitative estimate of drug-likeness (QED) is 0.587. The van der Waals surface area contributed by atoms with Gasteiger partial charge in [0.15, 0.2) is 22.5 Å². The van der Waals surface area contributed by atoms with E-state index in [0.29, 0.717) is 11.9 Å². The molecule has 0 saturated carbocycles. The number of imidazole rings is 1. The molecule has 1 aliphatic heterocycles. The van der Waals surface area contributed by atoms with Gasteiger partial charge in [0.2, 0.25) is 6.79 Å². The summed E-state index contributed by atoms with van der Waals surface area (Å²) in [6, 6.07) is 6.49. The van der Waals surface area contributed by atoms with E-state index < -0.39 is 0 Å². The number of hydrogen-bond acceptors (Lipinski definition) is 7. The van der Waals surface area contributed by atoms with Crippen LogP contribution >= 0.6 is 11.8 Å². The van der Waals surface area contributed by atoms with Gasteiger partial charge in [0.1, 0.15) is 5.52 Å². The first-order valence-electron chi connectivity index (χ1n) is 9.45. The first-order chi connectivity index (χ1) is 13.5. The number of hydrogen-bond donors (Lipinski definition) is 2. The number of aromatic nitrogens is 3. The Morgan fingerprint density at radius 2 is 2.07 bits per heavy atom. The normalized spacial score (nSPS) is 13.0. The number of nitrogen functional groups attached to an aromatic ring is 1. The first-order valence-corrected chi connectivity index (χ1v) is 10.3. The number of benzene rings is 1. The Hall–Kier alpha value is -2.45. The number of anilines is 1. The van der Waals surface area contributed by atoms with Gasteiger partial charge in [-0.3, -0.25) is 0 Å². The number of fused-ring (bicyclic) bond motifs is 2. The lowest BCUT2D eigenvalue weighted by atomic mass is 10.2. The molecular formula is C20H25N5O2S. The van der Waals surface area contributed by atoms with Crippen molar-refractivity contribution in [2.45, 2.75) is 49.8 Å². The van der Waals surface area contributed by atoms with Crippen LogP contribution in [0.3, 0.4) is 0 Å². The van der Waals surface area contributed by atoms with Crippen LogP contribution in [0.2, 0.25) is 0 Å². The minimum Gasteiger partial charge on any atom is -0.454 e. The first kappa shape index (κ1) is 18.9. The molecule has 0 bridgehead atoms. The van der Waals surface area contributed by atoms with Gasteiger partial charge >= 0.3 is 0 Å². The Kier molecular flexibility index (Phi) is 5.32. The lowest BCUT2D eigenvalue weighted by Crippen LogP contribution is -2.24. The van der Waals surface area contributed by atoms with Crippen LogP contribution in [0.1, 0.15) is 25.8 Å². The molecule has 148 valence electrons. The van der Waals surface area contributed by atoms with Crippen molar-refractivity contribution >= 4 is 28.6 Å². The fourth-order valence-electron chi connectivity index (χ4n) is 3.21. The number of nitrogens with one attached hydrogen (secondary N) is 1. The van der Waals surface area contributed by atoms with Crippen LogP contribution in [0.15, 0.2) is 34.4 Å². The molecule has 0 atom stereocenters. The van der Waals surface area contributed by atoms with Gasteiger partial charge in [-0.1, -0.05) is 25.6 Å². The van der Waals surface area contributed by atoms with Crippen molar-refractivity contribution in [2.24, 2.45) is 0 Å². The monoisotopic (exact) mass is 399 g/mol. The molecule has 0 saturated heterocycles. The number of pyridine rings is 1. The van der Waals surface area contributed by atoms with Crippen LogP contribution < -0.4 is 20.5 Å². The highest BCUT2D eigenvalue weighted by Gasteiger charge is 2.19. The maximum atomic E-state index is 6.08. The zero-order chi connectivity index (χ0) is 19.7. The highest BCUT2D eigenvalue weighted by molar-refractivity contribution is 7.99. The van der Waals surface area contributed by atoms with E-state index in [-0.39, 0.29) is 6.79 Å². The number of rotatable bonds is 7. The van der Waals surface area contributed by atoms with E-state index in [1.54, 1.807) is 18.0 Å². The van der Waals surface area contributed by atoms with Gasteiger partial charge < -0.3 is 25.1 Å². The zero-order valence-electron chi connectivity index (χ0n) is 16.4. The molecule has 4 rings (SSSR count). The Balaban J connectivity index is 1.66. The topological polar surface area (TPSA) is 87.2 Å². The van der Waals surface area contributed by atoms with E-state index in [0.717, 1.165) is 57.7 Å². The number of nitrogens with zero attached hydrogens (tertiary/aromatic N) is 3. The molecule has 0 amide bonds. The maximum Gasteiger partial charge on any atom is 0.231 e. The lowest BCUT2D eigenvalue weighted by Gasteiger charge is -2.12. The van der Waals surface area contributed by atoms with Gasteiger partial charge in [-0.25, -0.2) is 9.97 Å². The predicted octanol–water partition coefficient (Wildman–Crippen LogP) is 3.59. The van der Waals surface area contributed by atoms with Crippen LogP contribution in [0.5, 0.6) is 11.5 Å². The standard InChI is InChI=1S/C20H25N5O2S/c1-12(2)22-6-4-8-25-14-5-7-23-19(21)18(14)24-20(25)28-17-10-16-15(9-13(17)3)26-11-27-16/h5,7,9-10,12,22H,4,6,8,11H2,1-3H3,(H2,21,23). The van der Waals surface area contributed by atoms with Gasteiger partial charge in [-0.05, 0) is 43.7 Å². The molecular weight excluding hydrogens is 374 g/mol. The summed E-state index contributed by atoms with van der Waals surface area (Å²) in [6.45, 7) is 8.45. The van der Waals surface area contributed by atoms with Gasteiger partial charge in [-0.2, -0.15) is 0 Å². The summed E-state index contributed by atoms with van der Waals surface area (Å²) in [5.41, 5.74) is 8.97. The molecule has 1 aliphatic rings. The van der Waals surface area contributed by atoms with Crippen molar-refractivity contribution in [3.63, 3.8) is 0 Å². The smallest absolute Gasteiger partial charge is 0.231 e. The predicted molar refractivity (Wildman–Crippen MR) is 111 cm³/mol. The second-order valence-corrected chi connectivity index (χ2v) is 8.15. The second-order valence-electron chi connectivity index (χ2n) is 7.15. The molecule has 3 aromatic rings. The van der Waals surface area contributed by atoms with Crippen LogP contribution in [0.4, 0.5) is 5.82 Å². The lowest BCUT2D eigenvalue weighted by molar-refractivity contribution is 0.174. The summed E-state index contributed by atoms with van der Waals surface area (Å²) in [5, 5.41) is 4.37. The van der Waals surface area contributed by atoms with E-state index in [9.17, 15) is 0 Å². The average molecular weight is 400 g/mol. The van der Waals surface area contributed by atoms with E-state index >= 15 is 0 Å². The van der Waals surface area contributed by atoms with Crippen molar-refractivity contribution in [1.82, 2.24) is 19.9 Å². The highest BCUT2D eigenvalue weighted by atomic mass is 32.2. The summed E-state index contributed by atoms with van der Waals surface area (Å²) in [7, 11) is 0. The summed E-state index contributed by atoms with van der Waals surface area (Å²) in [5.74, 6) is 2.03. The highest BCUT2D eigenvalue weighted by Crippen LogP contribution is 2.41. The molecule has 3 N–H and O–H groups in total. The van der Waals surface area contributed by atoms with Gasteiger partial charge in [-0.15, -0.1) is 0 Å². The van der Waals surface area contributed by atoms with Crippen molar-refractivity contribution in [3.05, 3.63) is 30.0 Å². The minimum atomic E-state index is 0.270. The Morgan fingerprint density at radius 1 is 1.29 bits per heavy atom. The zero-order valence-corrected chi connectivity index (χ0v) is 17.2. The average Bonchev–Trinajstić information content (AvgIpc) is 3.24.